The molecule has 36 heavy (non-hydrogen) atoms. The number of rotatable bonds is 7. The Morgan fingerprint density at radius 2 is 1.64 bits per heavy atom. The van der Waals surface area contributed by atoms with Gasteiger partial charge in [0.15, 0.2) is 11.5 Å². The van der Waals surface area contributed by atoms with Crippen LogP contribution in [0.1, 0.15) is 18.1 Å². The number of fused-ring (bicyclic) bond motifs is 1. The van der Waals surface area contributed by atoms with Gasteiger partial charge in [-0.25, -0.2) is 4.90 Å². The van der Waals surface area contributed by atoms with E-state index in [1.807, 2.05) is 43.3 Å². The number of benzene rings is 4. The molecule has 0 bridgehead atoms. The van der Waals surface area contributed by atoms with Crippen molar-refractivity contribution in [1.82, 2.24) is 0 Å². The van der Waals surface area contributed by atoms with Crippen LogP contribution < -0.4 is 14.4 Å². The number of thioether (sulfide) groups is 1. The van der Waals surface area contributed by atoms with Gasteiger partial charge in [0.1, 0.15) is 6.61 Å². The predicted octanol–water partition coefficient (Wildman–Crippen LogP) is 7.82. The van der Waals surface area contributed by atoms with E-state index in [2.05, 4.69) is 40.2 Å². The smallest absolute Gasteiger partial charge is 0.298 e. The third-order valence-corrected chi connectivity index (χ3v) is 7.09. The Morgan fingerprint density at radius 3 is 2.42 bits per heavy atom. The average molecular weight is 560 g/mol. The second-order valence-corrected chi connectivity index (χ2v) is 9.93. The van der Waals surface area contributed by atoms with Gasteiger partial charge in [-0.2, -0.15) is 0 Å². The van der Waals surface area contributed by atoms with Gasteiger partial charge in [0.25, 0.3) is 11.1 Å². The maximum atomic E-state index is 13.0. The molecule has 1 aliphatic rings. The summed E-state index contributed by atoms with van der Waals surface area (Å²) in [5, 5.41) is 2.01. The summed E-state index contributed by atoms with van der Waals surface area (Å²) in [5.74, 6) is 0.794. The number of halogens is 1. The molecule has 0 spiro atoms. The summed E-state index contributed by atoms with van der Waals surface area (Å²) in [6.45, 7) is 2.73. The van der Waals surface area contributed by atoms with E-state index in [0.717, 1.165) is 28.3 Å². The summed E-state index contributed by atoms with van der Waals surface area (Å²) >= 11 is 4.52. The van der Waals surface area contributed by atoms with Crippen LogP contribution in [0.15, 0.2) is 94.3 Å². The zero-order chi connectivity index (χ0) is 25.1. The first-order chi connectivity index (χ1) is 17.5. The summed E-state index contributed by atoms with van der Waals surface area (Å²) in [6, 6.07) is 27.0. The maximum absolute atomic E-state index is 13.0. The van der Waals surface area contributed by atoms with Gasteiger partial charge in [-0.3, -0.25) is 9.59 Å². The average Bonchev–Trinajstić information content (AvgIpc) is 3.16. The molecule has 4 aromatic carbocycles. The Labute approximate surface area is 221 Å². The van der Waals surface area contributed by atoms with Crippen LogP contribution in [0.2, 0.25) is 0 Å². The summed E-state index contributed by atoms with van der Waals surface area (Å²) < 4.78 is 12.7. The van der Waals surface area contributed by atoms with Crippen LogP contribution in [-0.4, -0.2) is 17.8 Å². The quantitative estimate of drug-likeness (QED) is 0.216. The van der Waals surface area contributed by atoms with Crippen LogP contribution >= 0.6 is 27.7 Å². The van der Waals surface area contributed by atoms with Crippen molar-refractivity contribution in [3.05, 3.63) is 105 Å². The maximum Gasteiger partial charge on any atom is 0.298 e. The van der Waals surface area contributed by atoms with E-state index in [1.54, 1.807) is 30.3 Å². The summed E-state index contributed by atoms with van der Waals surface area (Å²) in [6.07, 6.45) is 1.70. The molecule has 1 aliphatic heterocycles. The molecule has 0 N–H and O–H groups in total. The van der Waals surface area contributed by atoms with E-state index in [4.69, 9.17) is 9.47 Å². The molecule has 0 unspecified atom stereocenters. The van der Waals surface area contributed by atoms with Crippen LogP contribution in [0.4, 0.5) is 10.5 Å². The van der Waals surface area contributed by atoms with E-state index in [9.17, 15) is 9.59 Å². The van der Waals surface area contributed by atoms with E-state index >= 15 is 0 Å². The number of para-hydroxylation sites is 1. The zero-order valence-corrected chi connectivity index (χ0v) is 21.8. The Hall–Kier alpha value is -3.55. The number of carbonyl (C=O) groups is 2. The SMILES string of the molecule is CCOc1cc(/C=C2\SC(=O)N(c3ccccc3)C2=O)cc(Br)c1OCc1ccc2ccccc2c1. The highest BCUT2D eigenvalue weighted by atomic mass is 79.9. The fourth-order valence-electron chi connectivity index (χ4n) is 3.98. The molecule has 0 radical (unpaired) electrons. The number of hydrogen-bond donors (Lipinski definition) is 0. The number of hydrogen-bond acceptors (Lipinski definition) is 5. The number of ether oxygens (including phenoxy) is 2. The highest BCUT2D eigenvalue weighted by Gasteiger charge is 2.36. The third-order valence-electron chi connectivity index (χ3n) is 5.63. The van der Waals surface area contributed by atoms with Crippen molar-refractivity contribution in [2.75, 3.05) is 11.5 Å². The zero-order valence-electron chi connectivity index (χ0n) is 19.4. The topological polar surface area (TPSA) is 55.8 Å². The lowest BCUT2D eigenvalue weighted by atomic mass is 10.1. The van der Waals surface area contributed by atoms with Crippen molar-refractivity contribution in [1.29, 1.82) is 0 Å². The largest absolute Gasteiger partial charge is 0.490 e. The van der Waals surface area contributed by atoms with Crippen molar-refractivity contribution in [3.8, 4) is 11.5 Å². The van der Waals surface area contributed by atoms with E-state index in [0.29, 0.717) is 39.8 Å². The highest BCUT2D eigenvalue weighted by Crippen LogP contribution is 2.40. The Kier molecular flexibility index (Phi) is 7.11. The van der Waals surface area contributed by atoms with Gasteiger partial charge in [0.05, 0.1) is 21.7 Å². The van der Waals surface area contributed by atoms with Crippen LogP contribution in [0.3, 0.4) is 0 Å². The first-order valence-corrected chi connectivity index (χ1v) is 13.0. The fraction of sp³-hybridized carbons (Fsp3) is 0.103. The lowest BCUT2D eigenvalue weighted by Gasteiger charge is -2.15. The minimum atomic E-state index is -0.345. The monoisotopic (exact) mass is 559 g/mol. The van der Waals surface area contributed by atoms with Crippen molar-refractivity contribution < 1.29 is 19.1 Å². The predicted molar refractivity (Wildman–Crippen MR) is 148 cm³/mol. The van der Waals surface area contributed by atoms with Gasteiger partial charge in [0, 0.05) is 0 Å². The molecule has 1 heterocycles. The van der Waals surface area contributed by atoms with Crippen LogP contribution in [0, 0.1) is 0 Å². The molecular weight excluding hydrogens is 538 g/mol. The Bertz CT molecular complexity index is 1490. The first-order valence-electron chi connectivity index (χ1n) is 11.4. The number of anilines is 1. The Morgan fingerprint density at radius 1 is 0.889 bits per heavy atom. The molecule has 0 atom stereocenters. The fourth-order valence-corrected chi connectivity index (χ4v) is 5.39. The first kappa shape index (κ1) is 24.2. The molecule has 5 rings (SSSR count). The molecule has 2 amide bonds. The van der Waals surface area contributed by atoms with Gasteiger partial charge >= 0.3 is 0 Å². The molecule has 0 aromatic heterocycles. The van der Waals surface area contributed by atoms with Crippen LogP contribution in [-0.2, 0) is 11.4 Å². The van der Waals surface area contributed by atoms with Crippen molar-refractivity contribution in [2.24, 2.45) is 0 Å². The van der Waals surface area contributed by atoms with Crippen LogP contribution in [0.25, 0.3) is 16.8 Å². The second-order valence-electron chi connectivity index (χ2n) is 8.09. The summed E-state index contributed by atoms with van der Waals surface area (Å²) in [5.41, 5.74) is 2.32. The van der Waals surface area contributed by atoms with Gasteiger partial charge < -0.3 is 9.47 Å². The molecule has 1 fully saturated rings. The van der Waals surface area contributed by atoms with E-state index in [-0.39, 0.29) is 11.1 Å². The lowest BCUT2D eigenvalue weighted by Crippen LogP contribution is -2.27. The second kappa shape index (κ2) is 10.6. The molecular formula is C29H22BrNO4S. The Balaban J connectivity index is 1.40. The molecule has 0 saturated carbocycles. The third kappa shape index (κ3) is 5.03. The molecule has 5 nitrogen and oxygen atoms in total. The minimum Gasteiger partial charge on any atom is -0.490 e. The van der Waals surface area contributed by atoms with Crippen molar-refractivity contribution >= 4 is 61.4 Å². The molecule has 4 aromatic rings. The molecule has 1 saturated heterocycles. The molecule has 0 aliphatic carbocycles. The van der Waals surface area contributed by atoms with Crippen molar-refractivity contribution in [2.45, 2.75) is 13.5 Å². The van der Waals surface area contributed by atoms with Gasteiger partial charge in [0.2, 0.25) is 0 Å². The lowest BCUT2D eigenvalue weighted by molar-refractivity contribution is -0.113. The van der Waals surface area contributed by atoms with Gasteiger partial charge in [-0.15, -0.1) is 0 Å². The number of imide groups is 1. The van der Waals surface area contributed by atoms with E-state index in [1.165, 1.54) is 10.3 Å². The van der Waals surface area contributed by atoms with Crippen molar-refractivity contribution in [3.63, 3.8) is 0 Å². The minimum absolute atomic E-state index is 0.322. The summed E-state index contributed by atoms with van der Waals surface area (Å²) in [4.78, 5) is 27.1. The van der Waals surface area contributed by atoms with Gasteiger partial charge in [-0.1, -0.05) is 54.6 Å². The number of amides is 2. The van der Waals surface area contributed by atoms with Gasteiger partial charge in [-0.05, 0) is 92.9 Å². The number of carbonyl (C=O) groups excluding carboxylic acids is 2. The molecule has 7 heteroatoms. The number of nitrogens with zero attached hydrogens (tertiary/aromatic N) is 1. The standard InChI is InChI=1S/C29H22BrNO4S/c1-2-34-25-16-20(17-26-28(32)31(29(33)36-26)23-10-4-3-5-11-23)15-24(30)27(25)35-18-19-12-13-21-8-6-7-9-22(21)14-19/h3-17H,2,18H2,1H3/b26-17-. The van der Waals surface area contributed by atoms with E-state index < -0.39 is 0 Å². The normalized spacial score (nSPS) is 14.6. The van der Waals surface area contributed by atoms with Crippen LogP contribution in [0.5, 0.6) is 11.5 Å². The highest BCUT2D eigenvalue weighted by molar-refractivity contribution is 9.10. The molecule has 180 valence electrons. The summed E-state index contributed by atoms with van der Waals surface area (Å²) in [7, 11) is 0.